The van der Waals surface area contributed by atoms with Gasteiger partial charge in [-0.15, -0.1) is 41.2 Å². The second-order valence-electron chi connectivity index (χ2n) is 25.1. The smallest absolute Gasteiger partial charge is 0.294 e. The third kappa shape index (κ3) is 14.1. The summed E-state index contributed by atoms with van der Waals surface area (Å²) in [6.45, 7) is 63.9. The standard InChI is InChI=1S/C26H10N6S.C18H4N8.C16H2N8.C15H5N5.C14N10/c1-30-21(14-29)24-17-8-7-16(23-10-9-22(33-23)15-5-3-2-4-6-15)11-18(17)25-26(24)32-20(13-28)19(12-27)31-25;1-22-13(8-21)14-9-4-2-3-5-10(9)15-16(14)26-18-17(25-15)23-11(6-19)12(7-20)24-18;1-19-11-5-10-9-4-8(6-17)12(7-18)22-13(9)15(24-21-3)14(10)23-16(11)20-2;1-18-20-15-11-5-3-2-4-10(11)12-6-9(7-16)13(8-17)19-14(12)15;1-17-13-14(18-2)23-11-9(22-13)8-10(12(11)24-19-3)21-7(5-16)6(4-15)20-8/h2-11H;2-5H;4-5H;2-6H;/b24-21+;14-13+;;20-15+;. The lowest BCUT2D eigenvalue weighted by molar-refractivity contribution is 1.11. The summed E-state index contributed by atoms with van der Waals surface area (Å²) in [5.41, 5.74) is 11.5. The fourth-order valence-electron chi connectivity index (χ4n) is 13.4. The van der Waals surface area contributed by atoms with Crippen LogP contribution in [-0.2, 0) is 0 Å². The number of benzene rings is 4. The molecule has 9 aromatic heterocycles. The van der Waals surface area contributed by atoms with Crippen molar-refractivity contribution >= 4 is 74.1 Å². The summed E-state index contributed by atoms with van der Waals surface area (Å²) in [4.78, 5) is 84.7. The largest absolute Gasteiger partial charge is 0.371 e. The van der Waals surface area contributed by atoms with Gasteiger partial charge < -0.3 is 14.5 Å². The highest BCUT2D eigenvalue weighted by atomic mass is 32.1. The van der Waals surface area contributed by atoms with Crippen molar-refractivity contribution in [2.24, 2.45) is 15.3 Å². The highest BCUT2D eigenvalue weighted by molar-refractivity contribution is 7.18. The number of hydrogen-bond acceptors (Lipinski definition) is 29. The highest BCUT2D eigenvalue weighted by Crippen LogP contribution is 2.49. The van der Waals surface area contributed by atoms with Crippen LogP contribution in [0.1, 0.15) is 113 Å². The molecule has 0 aliphatic heterocycles. The van der Waals surface area contributed by atoms with Gasteiger partial charge in [-0.25, -0.2) is 74.9 Å². The molecule has 0 saturated heterocycles. The number of nitrogens with zero attached hydrogens (tertiary/aromatic N) is 37. The number of pyridine rings is 3. The molecule has 13 aromatic rings. The summed E-state index contributed by atoms with van der Waals surface area (Å²) in [6.07, 6.45) is 0. The summed E-state index contributed by atoms with van der Waals surface area (Å²) in [6, 6.07) is 61.4. The molecule has 0 N–H and O–H groups in total. The first-order valence-electron chi connectivity index (χ1n) is 35.0. The van der Waals surface area contributed by atoms with Crippen LogP contribution in [0.25, 0.3) is 143 Å². The number of allylic oxidation sites excluding steroid dienone is 2. The molecule has 0 amide bonds. The third-order valence-corrected chi connectivity index (χ3v) is 19.8. The van der Waals surface area contributed by atoms with Crippen molar-refractivity contribution in [3.8, 4) is 150 Å². The lowest BCUT2D eigenvalue weighted by Crippen LogP contribution is -2.05. The van der Waals surface area contributed by atoms with Gasteiger partial charge in [-0.1, -0.05) is 117 Å². The van der Waals surface area contributed by atoms with Crippen LogP contribution in [-0.4, -0.2) is 81.9 Å². The molecular formula is C89H21N37S. The van der Waals surface area contributed by atoms with Gasteiger partial charge >= 0.3 is 0 Å². The number of aromatic nitrogens is 13. The van der Waals surface area contributed by atoms with Crippen LogP contribution in [0.15, 0.2) is 154 Å². The molecule has 5 aliphatic rings. The van der Waals surface area contributed by atoms with E-state index in [1.807, 2.05) is 133 Å². The number of nitriles is 12. The average Bonchev–Trinajstić information content (AvgIpc) is 1.61. The van der Waals surface area contributed by atoms with Gasteiger partial charge in [-0.05, 0) is 58.1 Å². The van der Waals surface area contributed by atoms with E-state index < -0.39 is 0 Å². The zero-order valence-electron chi connectivity index (χ0n) is 63.1. The van der Waals surface area contributed by atoms with E-state index in [1.54, 1.807) is 47.7 Å². The fourth-order valence-corrected chi connectivity index (χ4v) is 14.4. The minimum absolute atomic E-state index is 0.00239. The molecule has 0 atom stereocenters. The van der Waals surface area contributed by atoms with Crippen LogP contribution in [0.2, 0.25) is 0 Å². The van der Waals surface area contributed by atoms with E-state index in [9.17, 15) is 21.0 Å². The first kappa shape index (κ1) is 81.1. The normalized spacial score (nSPS) is 12.5. The Morgan fingerprint density at radius 3 is 1.17 bits per heavy atom. The van der Waals surface area contributed by atoms with Crippen LogP contribution in [0, 0.1) is 195 Å². The van der Waals surface area contributed by atoms with E-state index in [4.69, 9.17) is 101 Å². The molecule has 37 nitrogen and oxygen atoms in total. The van der Waals surface area contributed by atoms with Gasteiger partial charge in [0.15, 0.2) is 68.3 Å². The molecule has 0 spiro atoms. The van der Waals surface area contributed by atoms with E-state index in [0.717, 1.165) is 37.6 Å². The minimum Gasteiger partial charge on any atom is -0.371 e. The Kier molecular flexibility index (Phi) is 22.0. The molecule has 127 heavy (non-hydrogen) atoms. The topological polar surface area (TPSA) is 529 Å². The summed E-state index contributed by atoms with van der Waals surface area (Å²) >= 11 is 1.65. The zero-order chi connectivity index (χ0) is 89.9. The van der Waals surface area contributed by atoms with Crippen molar-refractivity contribution in [1.29, 1.82) is 63.1 Å². The molecule has 5 aliphatic carbocycles. The monoisotopic (exact) mass is 1640 g/mol. The second-order valence-corrected chi connectivity index (χ2v) is 26.2. The number of fused-ring (bicyclic) bond motifs is 16. The molecule has 38 heteroatoms. The Bertz CT molecular complexity index is 8050. The van der Waals surface area contributed by atoms with Gasteiger partial charge in [0.1, 0.15) is 83.5 Å². The molecule has 568 valence electrons. The van der Waals surface area contributed by atoms with Gasteiger partial charge in [-0.3, -0.25) is 0 Å². The molecule has 0 fully saturated rings. The number of thiophene rings is 1. The van der Waals surface area contributed by atoms with Crippen LogP contribution >= 0.6 is 11.3 Å². The molecule has 0 saturated carbocycles. The first-order chi connectivity index (χ1) is 62.0. The van der Waals surface area contributed by atoms with Crippen molar-refractivity contribution in [3.05, 3.63) is 355 Å². The van der Waals surface area contributed by atoms with Crippen molar-refractivity contribution in [3.63, 3.8) is 0 Å². The lowest BCUT2D eigenvalue weighted by Gasteiger charge is -2.04. The molecule has 0 bridgehead atoms. The summed E-state index contributed by atoms with van der Waals surface area (Å²) in [5.74, 6) is -0.575. The highest BCUT2D eigenvalue weighted by Gasteiger charge is 2.42. The molecule has 9 heterocycles. The third-order valence-electron chi connectivity index (χ3n) is 18.6. The first-order valence-corrected chi connectivity index (χ1v) is 35.8. The maximum absolute atomic E-state index is 9.52. The van der Waals surface area contributed by atoms with Crippen LogP contribution in [0.3, 0.4) is 0 Å². The molecule has 0 radical (unpaired) electrons. The Morgan fingerprint density at radius 1 is 0.276 bits per heavy atom. The summed E-state index contributed by atoms with van der Waals surface area (Å²) < 4.78 is 0. The Morgan fingerprint density at radius 2 is 0.654 bits per heavy atom. The van der Waals surface area contributed by atoms with Crippen LogP contribution < -0.4 is 0 Å². The number of hydrogen-bond donors (Lipinski definition) is 0. The van der Waals surface area contributed by atoms with Gasteiger partial charge in [0, 0.05) is 54.3 Å². The van der Waals surface area contributed by atoms with Gasteiger partial charge in [-0.2, -0.15) is 72.3 Å². The van der Waals surface area contributed by atoms with E-state index in [2.05, 4.69) is 142 Å². The van der Waals surface area contributed by atoms with E-state index in [0.29, 0.717) is 73.0 Å². The number of rotatable bonds is 2. The quantitative estimate of drug-likeness (QED) is 0.0881. The fraction of sp³-hybridized carbons (Fsp3) is 0. The maximum Gasteiger partial charge on any atom is 0.294 e. The molecule has 4 aromatic carbocycles. The summed E-state index contributed by atoms with van der Waals surface area (Å²) in [7, 11) is 0. The Balaban J connectivity index is 0.000000130. The SMILES string of the molecule is [C-]#[N+]/C(C#N)=C1\c2ccc(-c3ccc(-c4ccccc4)s3)cc2-c2nc(C#N)c(C#N)nc21.[C-]#[N+]/C(C#N)=C1\c2ccccc2-c2nc3nc(C#N)c(C#N)nc3nc21.[C-]#[N+]/N=C1\c2ccccc2-c2cc(C#N)c(C#N)nc21.[C-]#[N+]N=C1c2nc(C#N)c(C#N)cc2-c2cc([N+]#[C-])c([N+]#[C-])nc21.[C-]#[N+]N=C1c2nc(C#N)c(C#N)nc2-c2nc([N+]#[C-])c([N+]#[C-])nc21. The van der Waals surface area contributed by atoms with Gasteiger partial charge in [0.05, 0.1) is 81.1 Å². The average molecular weight is 1640 g/mol. The predicted octanol–water partition coefficient (Wildman–Crippen LogP) is 15.4. The molecule has 18 rings (SSSR count). The molecule has 0 unspecified atom stereocenters. The Hall–Kier alpha value is -22.5. The van der Waals surface area contributed by atoms with Crippen molar-refractivity contribution < 1.29 is 0 Å². The van der Waals surface area contributed by atoms with Gasteiger partial charge in [0.2, 0.25) is 28.5 Å². The lowest BCUT2D eigenvalue weighted by atomic mass is 10.0. The maximum atomic E-state index is 9.52. The van der Waals surface area contributed by atoms with Crippen molar-refractivity contribution in [1.82, 2.24) is 64.8 Å². The van der Waals surface area contributed by atoms with Crippen molar-refractivity contribution in [2.75, 3.05) is 0 Å². The zero-order valence-corrected chi connectivity index (χ0v) is 63.9. The minimum atomic E-state index is -0.241. The van der Waals surface area contributed by atoms with E-state index >= 15 is 0 Å². The molecular weight excluding hydrogens is 1620 g/mol. The summed E-state index contributed by atoms with van der Waals surface area (Å²) in [5, 5.41) is 121. The second kappa shape index (κ2) is 34.5. The van der Waals surface area contributed by atoms with Crippen molar-refractivity contribution in [2.45, 2.75) is 0 Å². The van der Waals surface area contributed by atoms with E-state index in [-0.39, 0.29) is 154 Å². The van der Waals surface area contributed by atoms with Crippen LogP contribution in [0.5, 0.6) is 0 Å². The van der Waals surface area contributed by atoms with Gasteiger partial charge in [0.25, 0.3) is 28.8 Å². The van der Waals surface area contributed by atoms with E-state index in [1.165, 1.54) is 12.1 Å². The Labute approximate surface area is 718 Å². The van der Waals surface area contributed by atoms with Crippen LogP contribution in [0.4, 0.5) is 23.1 Å². The predicted molar refractivity (Wildman–Crippen MR) is 442 cm³/mol.